The van der Waals surface area contributed by atoms with Gasteiger partial charge in [0.15, 0.2) is 5.82 Å². The van der Waals surface area contributed by atoms with Gasteiger partial charge in [-0.2, -0.15) is 5.10 Å². The Hall–Kier alpha value is -2.21. The van der Waals surface area contributed by atoms with E-state index in [2.05, 4.69) is 25.8 Å². The minimum Gasteiger partial charge on any atom is -0.369 e. The van der Waals surface area contributed by atoms with Gasteiger partial charge in [-0.25, -0.2) is 4.98 Å². The number of carbonyl (C=O) groups is 1. The lowest BCUT2D eigenvalue weighted by molar-refractivity contribution is 0.102. The molecule has 0 aliphatic heterocycles. The minimum absolute atomic E-state index is 0.332. The predicted molar refractivity (Wildman–Crippen MR) is 78.0 cm³/mol. The molecule has 1 amide bonds. The van der Waals surface area contributed by atoms with Crippen LogP contribution >= 0.6 is 11.6 Å². The van der Waals surface area contributed by atoms with E-state index in [9.17, 15) is 4.79 Å². The number of carbonyl (C=O) groups excluding carboxylic acids is 1. The lowest BCUT2D eigenvalue weighted by Crippen LogP contribution is -2.14. The van der Waals surface area contributed by atoms with Crippen LogP contribution in [-0.2, 0) is 0 Å². The first-order valence-electron chi connectivity index (χ1n) is 6.19. The van der Waals surface area contributed by atoms with Crippen molar-refractivity contribution in [2.75, 3.05) is 17.2 Å². The van der Waals surface area contributed by atoms with Crippen molar-refractivity contribution in [3.63, 3.8) is 0 Å². The smallest absolute Gasteiger partial charge is 0.258 e. The Balaban J connectivity index is 2.09. The molecular formula is C13H14ClN5O. The lowest BCUT2D eigenvalue weighted by atomic mass is 10.2. The maximum Gasteiger partial charge on any atom is 0.258 e. The van der Waals surface area contributed by atoms with E-state index < -0.39 is 0 Å². The van der Waals surface area contributed by atoms with Gasteiger partial charge in [-0.3, -0.25) is 4.79 Å². The summed E-state index contributed by atoms with van der Waals surface area (Å²) in [6.07, 6.45) is 3.96. The molecule has 2 aromatic rings. The maximum absolute atomic E-state index is 12.0. The molecule has 2 rings (SSSR count). The van der Waals surface area contributed by atoms with E-state index in [-0.39, 0.29) is 5.91 Å². The second-order valence-corrected chi connectivity index (χ2v) is 4.45. The SMILES string of the molecule is CCCNc1ncc(C(=O)Nc2cccnn2)cc1Cl. The van der Waals surface area contributed by atoms with E-state index in [1.165, 1.54) is 12.4 Å². The Morgan fingerprint density at radius 3 is 2.95 bits per heavy atom. The number of hydrogen-bond donors (Lipinski definition) is 2. The number of halogens is 1. The van der Waals surface area contributed by atoms with Crippen molar-refractivity contribution in [2.24, 2.45) is 0 Å². The summed E-state index contributed by atoms with van der Waals surface area (Å²) >= 11 is 6.08. The Bertz CT molecular complexity index is 591. The first-order valence-corrected chi connectivity index (χ1v) is 6.57. The standard InChI is InChI=1S/C13H14ClN5O/c1-2-5-15-12-10(14)7-9(8-16-12)13(20)18-11-4-3-6-17-19-11/h3-4,6-8H,2,5H2,1H3,(H,15,16)(H,18,19,20). The summed E-state index contributed by atoms with van der Waals surface area (Å²) in [7, 11) is 0. The topological polar surface area (TPSA) is 79.8 Å². The molecule has 2 aromatic heterocycles. The average Bonchev–Trinajstić information content (AvgIpc) is 2.47. The average molecular weight is 292 g/mol. The van der Waals surface area contributed by atoms with Gasteiger partial charge in [0.25, 0.3) is 5.91 Å². The van der Waals surface area contributed by atoms with Crippen LogP contribution in [0.4, 0.5) is 11.6 Å². The van der Waals surface area contributed by atoms with Gasteiger partial charge in [0.2, 0.25) is 0 Å². The number of nitrogens with one attached hydrogen (secondary N) is 2. The summed E-state index contributed by atoms with van der Waals surface area (Å²) < 4.78 is 0. The zero-order chi connectivity index (χ0) is 14.4. The van der Waals surface area contributed by atoms with Crippen LogP contribution < -0.4 is 10.6 Å². The number of pyridine rings is 1. The van der Waals surface area contributed by atoms with Crippen LogP contribution in [-0.4, -0.2) is 27.6 Å². The van der Waals surface area contributed by atoms with Crippen LogP contribution in [0.15, 0.2) is 30.6 Å². The molecule has 20 heavy (non-hydrogen) atoms. The molecule has 0 unspecified atom stereocenters. The Kier molecular flexibility index (Phi) is 4.84. The molecule has 0 aliphatic rings. The Morgan fingerprint density at radius 2 is 2.30 bits per heavy atom. The maximum atomic E-state index is 12.0. The monoisotopic (exact) mass is 291 g/mol. The van der Waals surface area contributed by atoms with E-state index >= 15 is 0 Å². The summed E-state index contributed by atoms with van der Waals surface area (Å²) in [6.45, 7) is 2.82. The van der Waals surface area contributed by atoms with E-state index in [1.54, 1.807) is 18.2 Å². The number of anilines is 2. The summed E-state index contributed by atoms with van der Waals surface area (Å²) in [6, 6.07) is 4.90. The minimum atomic E-state index is -0.332. The zero-order valence-electron chi connectivity index (χ0n) is 10.9. The van der Waals surface area contributed by atoms with Crippen molar-refractivity contribution >= 4 is 29.1 Å². The molecule has 0 spiro atoms. The van der Waals surface area contributed by atoms with Crippen molar-refractivity contribution in [3.05, 3.63) is 41.2 Å². The quantitative estimate of drug-likeness (QED) is 0.885. The molecule has 6 nitrogen and oxygen atoms in total. The fraction of sp³-hybridized carbons (Fsp3) is 0.231. The van der Waals surface area contributed by atoms with E-state index in [0.29, 0.717) is 22.2 Å². The van der Waals surface area contributed by atoms with Gasteiger partial charge in [0.1, 0.15) is 5.82 Å². The molecule has 0 radical (unpaired) electrons. The van der Waals surface area contributed by atoms with E-state index in [0.717, 1.165) is 13.0 Å². The predicted octanol–water partition coefficient (Wildman–Crippen LogP) is 2.60. The Labute approximate surface area is 121 Å². The second kappa shape index (κ2) is 6.81. The molecule has 0 saturated heterocycles. The van der Waals surface area contributed by atoms with Gasteiger partial charge >= 0.3 is 0 Å². The number of rotatable bonds is 5. The third-order valence-electron chi connectivity index (χ3n) is 2.46. The third-order valence-corrected chi connectivity index (χ3v) is 2.75. The molecule has 0 bridgehead atoms. The van der Waals surface area contributed by atoms with Crippen molar-refractivity contribution < 1.29 is 4.79 Å². The Morgan fingerprint density at radius 1 is 1.45 bits per heavy atom. The molecule has 0 saturated carbocycles. The van der Waals surface area contributed by atoms with Crippen molar-refractivity contribution in [1.82, 2.24) is 15.2 Å². The van der Waals surface area contributed by atoms with Gasteiger partial charge in [0, 0.05) is 18.9 Å². The molecule has 7 heteroatoms. The van der Waals surface area contributed by atoms with Gasteiger partial charge in [-0.15, -0.1) is 5.10 Å². The molecule has 104 valence electrons. The summed E-state index contributed by atoms with van der Waals surface area (Å²) in [5.41, 5.74) is 0.364. The first kappa shape index (κ1) is 14.2. The third kappa shape index (κ3) is 3.64. The van der Waals surface area contributed by atoms with E-state index in [4.69, 9.17) is 11.6 Å². The van der Waals surface area contributed by atoms with Crippen molar-refractivity contribution in [3.8, 4) is 0 Å². The van der Waals surface area contributed by atoms with Crippen LogP contribution in [0, 0.1) is 0 Å². The zero-order valence-corrected chi connectivity index (χ0v) is 11.7. The number of amides is 1. The number of hydrogen-bond acceptors (Lipinski definition) is 5. The summed E-state index contributed by atoms with van der Waals surface area (Å²) in [4.78, 5) is 16.1. The van der Waals surface area contributed by atoms with Crippen LogP contribution in [0.2, 0.25) is 5.02 Å². The summed E-state index contributed by atoms with van der Waals surface area (Å²) in [5, 5.41) is 13.6. The highest BCUT2D eigenvalue weighted by molar-refractivity contribution is 6.33. The molecular weight excluding hydrogens is 278 g/mol. The lowest BCUT2D eigenvalue weighted by Gasteiger charge is -2.08. The number of aromatic nitrogens is 3. The molecule has 2 N–H and O–H groups in total. The summed E-state index contributed by atoms with van der Waals surface area (Å²) in [5.74, 6) is 0.619. The van der Waals surface area contributed by atoms with Crippen molar-refractivity contribution in [2.45, 2.75) is 13.3 Å². The van der Waals surface area contributed by atoms with Gasteiger partial charge in [0.05, 0.1) is 10.6 Å². The molecule has 0 fully saturated rings. The van der Waals surface area contributed by atoms with Crippen LogP contribution in [0.1, 0.15) is 23.7 Å². The molecule has 0 aliphatic carbocycles. The largest absolute Gasteiger partial charge is 0.369 e. The fourth-order valence-electron chi connectivity index (χ4n) is 1.49. The van der Waals surface area contributed by atoms with Crippen molar-refractivity contribution in [1.29, 1.82) is 0 Å². The van der Waals surface area contributed by atoms with Crippen LogP contribution in [0.3, 0.4) is 0 Å². The molecule has 2 heterocycles. The highest BCUT2D eigenvalue weighted by Crippen LogP contribution is 2.20. The van der Waals surface area contributed by atoms with E-state index in [1.807, 2.05) is 6.92 Å². The number of nitrogens with zero attached hydrogens (tertiary/aromatic N) is 3. The highest BCUT2D eigenvalue weighted by atomic mass is 35.5. The molecule has 0 aromatic carbocycles. The molecule has 0 atom stereocenters. The van der Waals surface area contributed by atoms with Gasteiger partial charge in [-0.1, -0.05) is 18.5 Å². The normalized spacial score (nSPS) is 10.1. The highest BCUT2D eigenvalue weighted by Gasteiger charge is 2.10. The van der Waals surface area contributed by atoms with Gasteiger partial charge < -0.3 is 10.6 Å². The second-order valence-electron chi connectivity index (χ2n) is 4.04. The fourth-order valence-corrected chi connectivity index (χ4v) is 1.73. The van der Waals surface area contributed by atoms with Crippen LogP contribution in [0.25, 0.3) is 0 Å². The van der Waals surface area contributed by atoms with Crippen LogP contribution in [0.5, 0.6) is 0 Å². The first-order chi connectivity index (χ1) is 9.70. The van der Waals surface area contributed by atoms with Gasteiger partial charge in [-0.05, 0) is 24.6 Å².